The monoisotopic (exact) mass is 253 g/mol. The first-order chi connectivity index (χ1) is 8.08. The van der Waals surface area contributed by atoms with E-state index < -0.39 is 12.8 Å². The molecule has 1 N–H and O–H groups in total. The Morgan fingerprint density at radius 2 is 1.82 bits per heavy atom. The normalized spacial score (nSPS) is 17.8. The van der Waals surface area contributed by atoms with Crippen molar-refractivity contribution in [1.29, 1.82) is 0 Å². The molecular weight excluding hydrogens is 231 g/mol. The summed E-state index contributed by atoms with van der Waals surface area (Å²) in [7, 11) is 0. The Morgan fingerprint density at radius 1 is 1.12 bits per heavy atom. The summed E-state index contributed by atoms with van der Waals surface area (Å²) in [4.78, 5) is 0. The van der Waals surface area contributed by atoms with Gasteiger partial charge in [0.1, 0.15) is 6.61 Å². The van der Waals surface area contributed by atoms with Gasteiger partial charge in [-0.2, -0.15) is 13.2 Å². The average Bonchev–Trinajstić information content (AvgIpc) is 2.73. The van der Waals surface area contributed by atoms with E-state index in [0.717, 1.165) is 18.9 Å². The zero-order valence-corrected chi connectivity index (χ0v) is 10.2. The molecule has 0 aromatic carbocycles. The second kappa shape index (κ2) is 7.93. The number of nitrogens with one attached hydrogen (secondary N) is 1. The number of ether oxygens (including phenoxy) is 1. The fraction of sp³-hybridized carbons (Fsp3) is 1.00. The van der Waals surface area contributed by atoms with Crippen molar-refractivity contribution in [3.05, 3.63) is 0 Å². The molecule has 1 aliphatic rings. The lowest BCUT2D eigenvalue weighted by Crippen LogP contribution is -2.24. The third-order valence-electron chi connectivity index (χ3n) is 3.13. The summed E-state index contributed by atoms with van der Waals surface area (Å²) in [6, 6.07) is 0. The fourth-order valence-corrected chi connectivity index (χ4v) is 2.27. The summed E-state index contributed by atoms with van der Waals surface area (Å²) in [5.74, 6) is 0.887. The molecule has 0 aromatic rings. The van der Waals surface area contributed by atoms with Crippen molar-refractivity contribution in [2.75, 3.05) is 26.3 Å². The molecule has 0 atom stereocenters. The van der Waals surface area contributed by atoms with Gasteiger partial charge in [-0.05, 0) is 25.3 Å². The highest BCUT2D eigenvalue weighted by Crippen LogP contribution is 2.28. The van der Waals surface area contributed by atoms with Crippen molar-refractivity contribution in [3.63, 3.8) is 0 Å². The molecule has 1 aliphatic carbocycles. The third-order valence-corrected chi connectivity index (χ3v) is 3.13. The van der Waals surface area contributed by atoms with Crippen molar-refractivity contribution in [3.8, 4) is 0 Å². The fourth-order valence-electron chi connectivity index (χ4n) is 2.27. The van der Waals surface area contributed by atoms with Gasteiger partial charge in [0.05, 0.1) is 6.61 Å². The van der Waals surface area contributed by atoms with Crippen molar-refractivity contribution in [2.45, 2.75) is 44.7 Å². The van der Waals surface area contributed by atoms with Crippen LogP contribution in [0.25, 0.3) is 0 Å². The Morgan fingerprint density at radius 3 is 2.47 bits per heavy atom. The van der Waals surface area contributed by atoms with E-state index in [1.807, 2.05) is 0 Å². The molecule has 0 aliphatic heterocycles. The van der Waals surface area contributed by atoms with E-state index in [4.69, 9.17) is 0 Å². The van der Waals surface area contributed by atoms with Crippen molar-refractivity contribution in [2.24, 2.45) is 5.92 Å². The minimum Gasteiger partial charge on any atom is -0.371 e. The highest BCUT2D eigenvalue weighted by atomic mass is 19.4. The summed E-state index contributed by atoms with van der Waals surface area (Å²) in [6.07, 6.45) is 3.60. The molecule has 5 heteroatoms. The van der Waals surface area contributed by atoms with Gasteiger partial charge in [0.25, 0.3) is 0 Å². The topological polar surface area (TPSA) is 21.3 Å². The van der Waals surface area contributed by atoms with Crippen LogP contribution in [0.15, 0.2) is 0 Å². The molecule has 0 amide bonds. The molecule has 2 nitrogen and oxygen atoms in total. The van der Waals surface area contributed by atoms with Gasteiger partial charge in [-0.15, -0.1) is 0 Å². The molecular formula is C12H22F3NO. The smallest absolute Gasteiger partial charge is 0.371 e. The van der Waals surface area contributed by atoms with E-state index >= 15 is 0 Å². The van der Waals surface area contributed by atoms with E-state index in [1.165, 1.54) is 32.1 Å². The summed E-state index contributed by atoms with van der Waals surface area (Å²) in [5.41, 5.74) is 0. The zero-order valence-electron chi connectivity index (χ0n) is 10.2. The van der Waals surface area contributed by atoms with Crippen molar-refractivity contribution >= 4 is 0 Å². The van der Waals surface area contributed by atoms with Crippen LogP contribution < -0.4 is 5.32 Å². The number of halogens is 3. The number of rotatable bonds is 8. The van der Waals surface area contributed by atoms with E-state index in [1.54, 1.807) is 0 Å². The van der Waals surface area contributed by atoms with E-state index in [0.29, 0.717) is 6.54 Å². The van der Waals surface area contributed by atoms with Crippen LogP contribution in [0.1, 0.15) is 38.5 Å². The largest absolute Gasteiger partial charge is 0.411 e. The van der Waals surface area contributed by atoms with Gasteiger partial charge < -0.3 is 10.1 Å². The molecule has 0 unspecified atom stereocenters. The van der Waals surface area contributed by atoms with Gasteiger partial charge in [-0.1, -0.05) is 25.7 Å². The molecule has 0 spiro atoms. The number of alkyl halides is 3. The lowest BCUT2D eigenvalue weighted by molar-refractivity contribution is -0.173. The standard InChI is InChI=1S/C12H22F3NO/c13-12(14,15)10-17-9-8-16-7-3-6-11-4-1-2-5-11/h11,16H,1-10H2. The Balaban J connectivity index is 1.78. The van der Waals surface area contributed by atoms with Crippen LogP contribution in [-0.2, 0) is 4.74 Å². The summed E-state index contributed by atoms with van der Waals surface area (Å²) < 4.78 is 39.6. The molecule has 0 radical (unpaired) electrons. The Labute approximate surface area is 101 Å². The first kappa shape index (κ1) is 14.8. The second-order valence-corrected chi connectivity index (χ2v) is 4.71. The maximum Gasteiger partial charge on any atom is 0.411 e. The summed E-state index contributed by atoms with van der Waals surface area (Å²) in [6.45, 7) is 0.367. The zero-order chi connectivity index (χ0) is 12.6. The molecule has 17 heavy (non-hydrogen) atoms. The highest BCUT2D eigenvalue weighted by molar-refractivity contribution is 4.67. The molecule has 1 saturated carbocycles. The Kier molecular flexibility index (Phi) is 6.89. The molecule has 0 bridgehead atoms. The first-order valence-corrected chi connectivity index (χ1v) is 6.43. The highest BCUT2D eigenvalue weighted by Gasteiger charge is 2.27. The molecule has 0 aromatic heterocycles. The molecule has 0 saturated heterocycles. The molecule has 1 rings (SSSR count). The van der Waals surface area contributed by atoms with Gasteiger partial charge in [-0.25, -0.2) is 0 Å². The van der Waals surface area contributed by atoms with Crippen LogP contribution in [0.2, 0.25) is 0 Å². The van der Waals surface area contributed by atoms with Crippen LogP contribution >= 0.6 is 0 Å². The van der Waals surface area contributed by atoms with Crippen LogP contribution in [0.4, 0.5) is 13.2 Å². The van der Waals surface area contributed by atoms with Crippen molar-refractivity contribution in [1.82, 2.24) is 5.32 Å². The van der Waals surface area contributed by atoms with Crippen LogP contribution in [0, 0.1) is 5.92 Å². The van der Waals surface area contributed by atoms with E-state index in [-0.39, 0.29) is 6.61 Å². The molecule has 102 valence electrons. The molecule has 1 fully saturated rings. The SMILES string of the molecule is FC(F)(F)COCCNCCCC1CCCC1. The number of hydrogen-bond acceptors (Lipinski definition) is 2. The molecule has 0 heterocycles. The van der Waals surface area contributed by atoms with Gasteiger partial charge in [0.15, 0.2) is 0 Å². The van der Waals surface area contributed by atoms with Crippen LogP contribution in [0.3, 0.4) is 0 Å². The Hall–Kier alpha value is -0.290. The first-order valence-electron chi connectivity index (χ1n) is 6.43. The predicted octanol–water partition coefficient (Wildman–Crippen LogP) is 3.13. The Bertz CT molecular complexity index is 191. The van der Waals surface area contributed by atoms with Gasteiger partial charge in [0, 0.05) is 6.54 Å². The summed E-state index contributed by atoms with van der Waals surface area (Å²) >= 11 is 0. The third kappa shape index (κ3) is 8.44. The minimum atomic E-state index is -4.21. The minimum absolute atomic E-state index is 0.128. The quantitative estimate of drug-likeness (QED) is 0.671. The second-order valence-electron chi connectivity index (χ2n) is 4.71. The maximum atomic E-state index is 11.7. The van der Waals surface area contributed by atoms with E-state index in [2.05, 4.69) is 10.1 Å². The van der Waals surface area contributed by atoms with Crippen LogP contribution in [-0.4, -0.2) is 32.5 Å². The van der Waals surface area contributed by atoms with Gasteiger partial charge >= 0.3 is 6.18 Å². The summed E-state index contributed by atoms with van der Waals surface area (Å²) in [5, 5.41) is 3.10. The maximum absolute atomic E-state index is 11.7. The van der Waals surface area contributed by atoms with Gasteiger partial charge in [-0.3, -0.25) is 0 Å². The van der Waals surface area contributed by atoms with Crippen LogP contribution in [0.5, 0.6) is 0 Å². The van der Waals surface area contributed by atoms with E-state index in [9.17, 15) is 13.2 Å². The van der Waals surface area contributed by atoms with Gasteiger partial charge in [0.2, 0.25) is 0 Å². The lowest BCUT2D eigenvalue weighted by atomic mass is 10.0. The lowest BCUT2D eigenvalue weighted by Gasteiger charge is -2.10. The predicted molar refractivity (Wildman–Crippen MR) is 60.9 cm³/mol. The average molecular weight is 253 g/mol. The number of hydrogen-bond donors (Lipinski definition) is 1. The van der Waals surface area contributed by atoms with Crippen molar-refractivity contribution < 1.29 is 17.9 Å².